The number of rotatable bonds is 3. The van der Waals surface area contributed by atoms with E-state index >= 15 is 0 Å². The van der Waals surface area contributed by atoms with Crippen LogP contribution in [0.3, 0.4) is 0 Å². The minimum absolute atomic E-state index is 0.194. The van der Waals surface area contributed by atoms with Crippen molar-refractivity contribution in [1.82, 2.24) is 0 Å². The zero-order chi connectivity index (χ0) is 23.7. The maximum atomic E-state index is 3.58. The van der Waals surface area contributed by atoms with Crippen molar-refractivity contribution < 1.29 is 0 Å². The van der Waals surface area contributed by atoms with Crippen molar-refractivity contribution in [2.45, 2.75) is 41.5 Å². The van der Waals surface area contributed by atoms with Gasteiger partial charge >= 0.3 is 0 Å². The third-order valence-corrected chi connectivity index (χ3v) is 7.94. The number of benzene rings is 3. The van der Waals surface area contributed by atoms with E-state index in [0.717, 1.165) is 14.9 Å². The molecule has 0 aliphatic rings. The lowest BCUT2D eigenvalue weighted by molar-refractivity contribution is 1.34. The number of thiophene rings is 1. The van der Waals surface area contributed by atoms with Crippen LogP contribution >= 0.6 is 27.3 Å². The van der Waals surface area contributed by atoms with E-state index in [0.29, 0.717) is 0 Å². The van der Waals surface area contributed by atoms with Gasteiger partial charge in [0.25, 0.3) is 0 Å². The van der Waals surface area contributed by atoms with Crippen molar-refractivity contribution in [2.75, 3.05) is 0 Å². The smallest absolute Gasteiger partial charge is 0.135 e. The molecule has 0 atom stereocenters. The standard InChI is InChI=1S/C30H28BBrS/c1-19-15-21(3)28(22(4)16-19)31(29-23(5)17-20(2)18-24(29)6)27-11-8-25(9-12-27)7-10-26-13-14-33-30(26)32/h8-9,11-18H,1-6H3. The van der Waals surface area contributed by atoms with Gasteiger partial charge in [-0.15, -0.1) is 11.3 Å². The van der Waals surface area contributed by atoms with E-state index in [9.17, 15) is 0 Å². The van der Waals surface area contributed by atoms with Gasteiger partial charge < -0.3 is 0 Å². The molecule has 1 aromatic heterocycles. The Morgan fingerprint density at radius 1 is 0.667 bits per heavy atom. The van der Waals surface area contributed by atoms with Gasteiger partial charge in [-0.2, -0.15) is 0 Å². The minimum Gasteiger partial charge on any atom is -0.135 e. The predicted molar refractivity (Wildman–Crippen MR) is 150 cm³/mol. The summed E-state index contributed by atoms with van der Waals surface area (Å²) in [5, 5.41) is 2.06. The van der Waals surface area contributed by atoms with Crippen LogP contribution in [0.25, 0.3) is 0 Å². The molecule has 0 amide bonds. The van der Waals surface area contributed by atoms with Crippen LogP contribution in [0.5, 0.6) is 0 Å². The average molecular weight is 511 g/mol. The van der Waals surface area contributed by atoms with Crippen molar-refractivity contribution in [3.05, 3.63) is 108 Å². The van der Waals surface area contributed by atoms with E-state index in [-0.39, 0.29) is 6.71 Å². The van der Waals surface area contributed by atoms with Crippen molar-refractivity contribution >= 4 is 50.4 Å². The largest absolute Gasteiger partial charge is 0.242 e. The van der Waals surface area contributed by atoms with Gasteiger partial charge in [-0.05, 0) is 81.1 Å². The zero-order valence-electron chi connectivity index (χ0n) is 20.1. The molecular formula is C30H28BBrS. The summed E-state index contributed by atoms with van der Waals surface area (Å²) >= 11 is 5.24. The molecule has 3 aromatic carbocycles. The summed E-state index contributed by atoms with van der Waals surface area (Å²) in [5.41, 5.74) is 14.2. The van der Waals surface area contributed by atoms with Gasteiger partial charge in [0.1, 0.15) is 0 Å². The molecule has 0 unspecified atom stereocenters. The number of aryl methyl sites for hydroxylation is 6. The van der Waals surface area contributed by atoms with Crippen LogP contribution in [0.15, 0.2) is 63.8 Å². The van der Waals surface area contributed by atoms with E-state index in [1.54, 1.807) is 11.3 Å². The lowest BCUT2D eigenvalue weighted by atomic mass is 9.34. The molecule has 0 aliphatic carbocycles. The molecule has 1 heterocycles. The van der Waals surface area contributed by atoms with Crippen LogP contribution in [-0.2, 0) is 0 Å². The molecule has 0 N–H and O–H groups in total. The van der Waals surface area contributed by atoms with Crippen molar-refractivity contribution in [3.63, 3.8) is 0 Å². The fourth-order valence-corrected chi connectivity index (χ4v) is 6.18. The Morgan fingerprint density at radius 3 is 1.58 bits per heavy atom. The van der Waals surface area contributed by atoms with Gasteiger partial charge in [0.15, 0.2) is 0 Å². The fourth-order valence-electron chi connectivity index (χ4n) is 5.05. The van der Waals surface area contributed by atoms with Gasteiger partial charge in [0.05, 0.1) is 3.79 Å². The van der Waals surface area contributed by atoms with Crippen LogP contribution in [-0.4, -0.2) is 6.71 Å². The highest BCUT2D eigenvalue weighted by Gasteiger charge is 2.28. The molecule has 0 radical (unpaired) electrons. The van der Waals surface area contributed by atoms with Crippen molar-refractivity contribution in [2.24, 2.45) is 0 Å². The quantitative estimate of drug-likeness (QED) is 0.225. The summed E-state index contributed by atoms with van der Waals surface area (Å²) in [4.78, 5) is 0. The van der Waals surface area contributed by atoms with Gasteiger partial charge in [-0.25, -0.2) is 0 Å². The highest BCUT2D eigenvalue weighted by atomic mass is 79.9. The molecular weight excluding hydrogens is 483 g/mol. The second kappa shape index (κ2) is 9.76. The maximum Gasteiger partial charge on any atom is 0.242 e. The lowest BCUT2D eigenvalue weighted by Gasteiger charge is -2.24. The Morgan fingerprint density at radius 2 is 1.15 bits per heavy atom. The molecule has 0 nitrogen and oxygen atoms in total. The minimum atomic E-state index is 0.194. The predicted octanol–water partition coefficient (Wildman–Crippen LogP) is 6.28. The highest BCUT2D eigenvalue weighted by molar-refractivity contribution is 9.11. The molecule has 0 saturated carbocycles. The second-order valence-corrected chi connectivity index (χ2v) is 11.3. The number of hydrogen-bond acceptors (Lipinski definition) is 1. The molecule has 164 valence electrons. The van der Waals surface area contributed by atoms with Gasteiger partial charge in [-0.1, -0.05) is 98.0 Å². The van der Waals surface area contributed by atoms with Crippen LogP contribution in [0.4, 0.5) is 0 Å². The van der Waals surface area contributed by atoms with Crippen molar-refractivity contribution in [1.29, 1.82) is 0 Å². The summed E-state index contributed by atoms with van der Waals surface area (Å²) in [6.45, 7) is 13.6. The Kier molecular flexibility index (Phi) is 6.98. The lowest BCUT2D eigenvalue weighted by Crippen LogP contribution is -2.55. The molecule has 0 saturated heterocycles. The second-order valence-electron chi connectivity index (χ2n) is 9.04. The number of halogens is 1. The maximum absolute atomic E-state index is 3.58. The van der Waals surface area contributed by atoms with Crippen LogP contribution in [0.2, 0.25) is 0 Å². The van der Waals surface area contributed by atoms with Gasteiger partial charge in [-0.3, -0.25) is 0 Å². The fraction of sp³-hybridized carbons (Fsp3) is 0.200. The topological polar surface area (TPSA) is 0 Å². The summed E-state index contributed by atoms with van der Waals surface area (Å²) < 4.78 is 1.09. The Balaban J connectivity index is 1.85. The number of hydrogen-bond donors (Lipinski definition) is 0. The normalized spacial score (nSPS) is 10.6. The van der Waals surface area contributed by atoms with E-state index < -0.39 is 0 Å². The Bertz CT molecular complexity index is 1280. The highest BCUT2D eigenvalue weighted by Crippen LogP contribution is 2.22. The van der Waals surface area contributed by atoms with Crippen molar-refractivity contribution in [3.8, 4) is 11.8 Å². The summed E-state index contributed by atoms with van der Waals surface area (Å²) in [6, 6.07) is 20.1. The first-order valence-corrected chi connectivity index (χ1v) is 12.9. The first-order chi connectivity index (χ1) is 15.7. The molecule has 3 heteroatoms. The van der Waals surface area contributed by atoms with Crippen LogP contribution in [0, 0.1) is 53.4 Å². The molecule has 0 fully saturated rings. The van der Waals surface area contributed by atoms with E-state index in [1.807, 2.05) is 0 Å². The first kappa shape index (κ1) is 23.6. The van der Waals surface area contributed by atoms with Gasteiger partial charge in [0, 0.05) is 11.1 Å². The van der Waals surface area contributed by atoms with Crippen LogP contribution in [0.1, 0.15) is 44.5 Å². The monoisotopic (exact) mass is 510 g/mol. The first-order valence-electron chi connectivity index (χ1n) is 11.2. The van der Waals surface area contributed by atoms with Crippen LogP contribution < -0.4 is 16.4 Å². The summed E-state index contributed by atoms with van der Waals surface area (Å²) in [5.74, 6) is 6.60. The average Bonchev–Trinajstić information content (AvgIpc) is 3.15. The molecule has 0 spiro atoms. The summed E-state index contributed by atoms with van der Waals surface area (Å²) in [7, 11) is 0. The van der Waals surface area contributed by atoms with E-state index in [2.05, 4.69) is 129 Å². The Hall–Kier alpha value is -2.54. The molecule has 33 heavy (non-hydrogen) atoms. The van der Waals surface area contributed by atoms with Gasteiger partial charge in [0.2, 0.25) is 6.71 Å². The molecule has 4 rings (SSSR count). The molecule has 0 bridgehead atoms. The SMILES string of the molecule is Cc1cc(C)c(B(c2ccc(C#Cc3ccsc3Br)cc2)c2c(C)cc(C)cc2C)c(C)c1. The third-order valence-electron chi connectivity index (χ3n) is 6.26. The Labute approximate surface area is 211 Å². The van der Waals surface area contributed by atoms with E-state index in [1.165, 1.54) is 49.8 Å². The third kappa shape index (κ3) is 5.03. The zero-order valence-corrected chi connectivity index (χ0v) is 22.5. The molecule has 0 aliphatic heterocycles. The molecule has 4 aromatic rings. The van der Waals surface area contributed by atoms with E-state index in [4.69, 9.17) is 0 Å². The summed E-state index contributed by atoms with van der Waals surface area (Å²) in [6.07, 6.45) is 0.